The molecule has 3 N–H and O–H groups in total. The smallest absolute Gasteiger partial charge is 0.328 e. The minimum atomic E-state index is -1.04. The van der Waals surface area contributed by atoms with Gasteiger partial charge in [-0.2, -0.15) is 5.10 Å². The third-order valence-corrected chi connectivity index (χ3v) is 2.20. The Balaban J connectivity index is 2.11. The lowest BCUT2D eigenvalue weighted by Crippen LogP contribution is -2.12. The van der Waals surface area contributed by atoms with Crippen molar-refractivity contribution in [3.8, 4) is 0 Å². The number of H-pyrrole nitrogens is 1. The maximum absolute atomic E-state index is 11.7. The Bertz CT molecular complexity index is 620. The summed E-state index contributed by atoms with van der Waals surface area (Å²) >= 11 is 0. The van der Waals surface area contributed by atoms with Gasteiger partial charge in [0.05, 0.1) is 11.8 Å². The topological polar surface area (TPSA) is 108 Å². The van der Waals surface area contributed by atoms with E-state index in [1.165, 1.54) is 24.7 Å². The van der Waals surface area contributed by atoms with Crippen LogP contribution in [0.25, 0.3) is 6.08 Å². The molecular formula is C12H10N4O3. The van der Waals surface area contributed by atoms with Crippen LogP contribution in [0, 0.1) is 0 Å². The normalized spacial score (nSPS) is 10.5. The Labute approximate surface area is 108 Å². The van der Waals surface area contributed by atoms with E-state index in [0.717, 1.165) is 6.08 Å². The molecule has 0 aliphatic rings. The van der Waals surface area contributed by atoms with Crippen molar-refractivity contribution in [2.24, 2.45) is 0 Å². The number of aromatic amines is 1. The van der Waals surface area contributed by atoms with Crippen LogP contribution < -0.4 is 5.32 Å². The van der Waals surface area contributed by atoms with Crippen molar-refractivity contribution in [2.45, 2.75) is 0 Å². The highest BCUT2D eigenvalue weighted by Gasteiger charge is 2.07. The number of hydrogen-bond donors (Lipinski definition) is 3. The molecule has 0 unspecified atom stereocenters. The summed E-state index contributed by atoms with van der Waals surface area (Å²) in [6.07, 6.45) is 6.76. The van der Waals surface area contributed by atoms with E-state index in [-0.39, 0.29) is 5.91 Å². The molecule has 1 amide bonds. The lowest BCUT2D eigenvalue weighted by atomic mass is 10.2. The van der Waals surface area contributed by atoms with E-state index < -0.39 is 5.97 Å². The van der Waals surface area contributed by atoms with Crippen molar-refractivity contribution in [3.63, 3.8) is 0 Å². The minimum absolute atomic E-state index is 0.332. The molecule has 0 saturated heterocycles. The van der Waals surface area contributed by atoms with Gasteiger partial charge in [-0.05, 0) is 23.8 Å². The SMILES string of the molecule is O=C(O)/C=C/c1ccnc(NC(=O)c2cn[nH]c2)c1. The Kier molecular flexibility index (Phi) is 3.67. The van der Waals surface area contributed by atoms with Crippen LogP contribution in [0.2, 0.25) is 0 Å². The van der Waals surface area contributed by atoms with Gasteiger partial charge >= 0.3 is 5.97 Å². The van der Waals surface area contributed by atoms with Gasteiger partial charge in [-0.1, -0.05) is 0 Å². The first-order valence-corrected chi connectivity index (χ1v) is 5.32. The van der Waals surface area contributed by atoms with Gasteiger partial charge in [0.2, 0.25) is 0 Å². The second-order valence-corrected chi connectivity index (χ2v) is 3.59. The number of carboxylic acids is 1. The largest absolute Gasteiger partial charge is 0.478 e. The highest BCUT2D eigenvalue weighted by Crippen LogP contribution is 2.10. The van der Waals surface area contributed by atoms with Gasteiger partial charge in [-0.15, -0.1) is 0 Å². The zero-order valence-electron chi connectivity index (χ0n) is 9.70. The third kappa shape index (κ3) is 3.50. The van der Waals surface area contributed by atoms with Crippen molar-refractivity contribution in [1.82, 2.24) is 15.2 Å². The van der Waals surface area contributed by atoms with E-state index in [1.54, 1.807) is 12.1 Å². The molecule has 7 nitrogen and oxygen atoms in total. The molecule has 2 rings (SSSR count). The average molecular weight is 258 g/mol. The summed E-state index contributed by atoms with van der Waals surface area (Å²) in [5, 5.41) is 17.3. The van der Waals surface area contributed by atoms with Crippen molar-refractivity contribution in [1.29, 1.82) is 0 Å². The van der Waals surface area contributed by atoms with Crippen LogP contribution in [-0.2, 0) is 4.79 Å². The number of pyridine rings is 1. The molecule has 0 spiro atoms. The highest BCUT2D eigenvalue weighted by molar-refractivity contribution is 6.03. The minimum Gasteiger partial charge on any atom is -0.478 e. The fourth-order valence-electron chi connectivity index (χ4n) is 1.35. The number of anilines is 1. The van der Waals surface area contributed by atoms with Gasteiger partial charge in [0.25, 0.3) is 5.91 Å². The van der Waals surface area contributed by atoms with Crippen LogP contribution in [0.1, 0.15) is 15.9 Å². The fraction of sp³-hybridized carbons (Fsp3) is 0. The Hall–Kier alpha value is -2.96. The molecule has 0 saturated carbocycles. The molecule has 0 aliphatic carbocycles. The summed E-state index contributed by atoms with van der Waals surface area (Å²) in [6, 6.07) is 3.20. The summed E-state index contributed by atoms with van der Waals surface area (Å²) in [5.74, 6) is -1.06. The number of nitrogens with one attached hydrogen (secondary N) is 2. The van der Waals surface area contributed by atoms with Crippen LogP contribution in [0.5, 0.6) is 0 Å². The molecule has 2 aromatic heterocycles. The molecule has 0 aliphatic heterocycles. The molecule has 96 valence electrons. The fourth-order valence-corrected chi connectivity index (χ4v) is 1.35. The van der Waals surface area contributed by atoms with E-state index in [0.29, 0.717) is 16.9 Å². The summed E-state index contributed by atoms with van der Waals surface area (Å²) in [7, 11) is 0. The van der Waals surface area contributed by atoms with Gasteiger partial charge in [-0.3, -0.25) is 9.89 Å². The van der Waals surface area contributed by atoms with E-state index in [1.807, 2.05) is 0 Å². The van der Waals surface area contributed by atoms with Gasteiger partial charge < -0.3 is 10.4 Å². The number of aromatic nitrogens is 3. The second-order valence-electron chi connectivity index (χ2n) is 3.59. The molecule has 0 radical (unpaired) electrons. The van der Waals surface area contributed by atoms with Gasteiger partial charge in [0.1, 0.15) is 5.82 Å². The number of aliphatic carboxylic acids is 1. The van der Waals surface area contributed by atoms with E-state index in [2.05, 4.69) is 20.5 Å². The zero-order chi connectivity index (χ0) is 13.7. The molecule has 7 heteroatoms. The van der Waals surface area contributed by atoms with Crippen LogP contribution in [0.15, 0.2) is 36.8 Å². The average Bonchev–Trinajstić information content (AvgIpc) is 2.91. The number of hydrogen-bond acceptors (Lipinski definition) is 4. The molecule has 19 heavy (non-hydrogen) atoms. The number of nitrogens with zero attached hydrogens (tertiary/aromatic N) is 2. The standard InChI is InChI=1S/C12H10N4O3/c17-11(18)2-1-8-3-4-13-10(5-8)16-12(19)9-6-14-15-7-9/h1-7H,(H,14,15)(H,17,18)(H,13,16,19)/b2-1+. The molecular weight excluding hydrogens is 248 g/mol. The van der Waals surface area contributed by atoms with Crippen LogP contribution in [0.3, 0.4) is 0 Å². The summed E-state index contributed by atoms with van der Waals surface area (Å²) < 4.78 is 0. The summed E-state index contributed by atoms with van der Waals surface area (Å²) in [4.78, 5) is 26.1. The van der Waals surface area contributed by atoms with Gasteiger partial charge in [0.15, 0.2) is 0 Å². The van der Waals surface area contributed by atoms with Crippen molar-refractivity contribution < 1.29 is 14.7 Å². The Morgan fingerprint density at radius 3 is 2.95 bits per heavy atom. The summed E-state index contributed by atoms with van der Waals surface area (Å²) in [5.41, 5.74) is 1.01. The Morgan fingerprint density at radius 2 is 2.26 bits per heavy atom. The number of carbonyl (C=O) groups is 2. The lowest BCUT2D eigenvalue weighted by Gasteiger charge is -2.03. The van der Waals surface area contributed by atoms with E-state index in [4.69, 9.17) is 5.11 Å². The lowest BCUT2D eigenvalue weighted by molar-refractivity contribution is -0.131. The number of rotatable bonds is 4. The first-order valence-electron chi connectivity index (χ1n) is 5.32. The van der Waals surface area contributed by atoms with Crippen molar-refractivity contribution in [3.05, 3.63) is 47.9 Å². The van der Waals surface area contributed by atoms with Crippen molar-refractivity contribution in [2.75, 3.05) is 5.32 Å². The maximum Gasteiger partial charge on any atom is 0.328 e. The van der Waals surface area contributed by atoms with Crippen LogP contribution >= 0.6 is 0 Å². The van der Waals surface area contributed by atoms with Crippen LogP contribution in [0.4, 0.5) is 5.82 Å². The van der Waals surface area contributed by atoms with Gasteiger partial charge in [0, 0.05) is 18.5 Å². The maximum atomic E-state index is 11.7. The predicted molar refractivity (Wildman–Crippen MR) is 67.4 cm³/mol. The molecule has 0 aromatic carbocycles. The quantitative estimate of drug-likeness (QED) is 0.713. The third-order valence-electron chi connectivity index (χ3n) is 2.20. The first-order chi connectivity index (χ1) is 9.15. The monoisotopic (exact) mass is 258 g/mol. The van der Waals surface area contributed by atoms with E-state index in [9.17, 15) is 9.59 Å². The molecule has 0 fully saturated rings. The molecule has 0 atom stereocenters. The first kappa shape index (κ1) is 12.5. The second kappa shape index (κ2) is 5.58. The summed E-state index contributed by atoms with van der Waals surface area (Å²) in [6.45, 7) is 0. The zero-order valence-corrected chi connectivity index (χ0v) is 9.70. The molecule has 2 heterocycles. The van der Waals surface area contributed by atoms with E-state index >= 15 is 0 Å². The molecule has 0 bridgehead atoms. The van der Waals surface area contributed by atoms with Gasteiger partial charge in [-0.25, -0.2) is 9.78 Å². The Morgan fingerprint density at radius 1 is 1.42 bits per heavy atom. The highest BCUT2D eigenvalue weighted by atomic mass is 16.4. The molecule has 2 aromatic rings. The van der Waals surface area contributed by atoms with Crippen LogP contribution in [-0.4, -0.2) is 32.2 Å². The number of carbonyl (C=O) groups excluding carboxylic acids is 1. The number of carboxylic acid groups (broad SMARTS) is 1. The van der Waals surface area contributed by atoms with Crippen molar-refractivity contribution >= 4 is 23.8 Å². The predicted octanol–water partition coefficient (Wildman–Crippen LogP) is 1.15. The number of amides is 1.